The van der Waals surface area contributed by atoms with Crippen molar-refractivity contribution in [3.05, 3.63) is 77.1 Å². The van der Waals surface area contributed by atoms with Gasteiger partial charge in [-0.05, 0) is 37.3 Å². The lowest BCUT2D eigenvalue weighted by atomic mass is 10.2. The number of aromatic nitrogens is 4. The highest BCUT2D eigenvalue weighted by molar-refractivity contribution is 8.00. The molecule has 1 atom stereocenters. The van der Waals surface area contributed by atoms with Crippen molar-refractivity contribution >= 4 is 40.0 Å². The average Bonchev–Trinajstić information content (AvgIpc) is 3.20. The molecule has 4 aromatic rings. The summed E-state index contributed by atoms with van der Waals surface area (Å²) in [5.74, 6) is 0.154. The van der Waals surface area contributed by atoms with Gasteiger partial charge in [0.1, 0.15) is 0 Å². The van der Waals surface area contributed by atoms with Gasteiger partial charge in [0.25, 0.3) is 5.56 Å². The summed E-state index contributed by atoms with van der Waals surface area (Å²) >= 11 is 1.24. The van der Waals surface area contributed by atoms with Crippen molar-refractivity contribution in [1.29, 1.82) is 5.26 Å². The Labute approximate surface area is 181 Å². The van der Waals surface area contributed by atoms with Gasteiger partial charge in [0.15, 0.2) is 5.16 Å². The minimum absolute atomic E-state index is 0.171. The molecule has 0 bridgehead atoms. The molecule has 0 saturated carbocycles. The Morgan fingerprint density at radius 3 is 2.87 bits per heavy atom. The molecule has 31 heavy (non-hydrogen) atoms. The van der Waals surface area contributed by atoms with Crippen LogP contribution in [-0.2, 0) is 11.3 Å². The quantitative estimate of drug-likeness (QED) is 0.372. The molecule has 2 aromatic heterocycles. The van der Waals surface area contributed by atoms with Gasteiger partial charge in [-0.2, -0.15) is 5.26 Å². The molecule has 0 spiro atoms. The fourth-order valence-electron chi connectivity index (χ4n) is 3.23. The third-order valence-electron chi connectivity index (χ3n) is 4.70. The predicted molar refractivity (Wildman–Crippen MR) is 120 cm³/mol. The molecule has 9 heteroatoms. The van der Waals surface area contributed by atoms with Gasteiger partial charge >= 0.3 is 0 Å². The molecule has 2 aromatic carbocycles. The van der Waals surface area contributed by atoms with Crippen LogP contribution in [0.2, 0.25) is 0 Å². The molecule has 4 rings (SSSR count). The van der Waals surface area contributed by atoms with E-state index in [0.717, 1.165) is 0 Å². The Morgan fingerprint density at radius 1 is 1.29 bits per heavy atom. The van der Waals surface area contributed by atoms with Crippen LogP contribution in [0.3, 0.4) is 0 Å². The largest absolute Gasteiger partial charge is 0.325 e. The lowest BCUT2D eigenvalue weighted by molar-refractivity contribution is -0.115. The van der Waals surface area contributed by atoms with Gasteiger partial charge in [-0.25, -0.2) is 0 Å². The number of carbonyl (C=O) groups is 1. The van der Waals surface area contributed by atoms with E-state index in [-0.39, 0.29) is 11.5 Å². The van der Waals surface area contributed by atoms with E-state index in [4.69, 9.17) is 5.26 Å². The number of benzene rings is 2. The van der Waals surface area contributed by atoms with Crippen LogP contribution in [0.5, 0.6) is 0 Å². The van der Waals surface area contributed by atoms with E-state index < -0.39 is 5.25 Å². The molecule has 0 saturated heterocycles. The van der Waals surface area contributed by atoms with Crippen LogP contribution in [0, 0.1) is 11.3 Å². The first-order valence-corrected chi connectivity index (χ1v) is 10.4. The van der Waals surface area contributed by atoms with Crippen LogP contribution in [0.25, 0.3) is 16.7 Å². The van der Waals surface area contributed by atoms with Gasteiger partial charge in [0.2, 0.25) is 11.7 Å². The fraction of sp³-hybridized carbons (Fsp3) is 0.136. The summed E-state index contributed by atoms with van der Waals surface area (Å²) in [5, 5.41) is 20.8. The first kappa shape index (κ1) is 20.4. The average molecular weight is 430 g/mol. The van der Waals surface area contributed by atoms with Gasteiger partial charge in [-0.1, -0.05) is 36.0 Å². The normalized spacial score (nSPS) is 11.9. The zero-order valence-corrected chi connectivity index (χ0v) is 17.5. The second-order valence-electron chi connectivity index (χ2n) is 6.78. The summed E-state index contributed by atoms with van der Waals surface area (Å²) in [7, 11) is 0. The summed E-state index contributed by atoms with van der Waals surface area (Å²) in [6.07, 6.45) is 1.63. The highest BCUT2D eigenvalue weighted by Gasteiger charge is 2.21. The van der Waals surface area contributed by atoms with Crippen molar-refractivity contribution in [3.8, 4) is 6.07 Å². The number of thioether (sulfide) groups is 1. The highest BCUT2D eigenvalue weighted by atomic mass is 32.2. The Bertz CT molecular complexity index is 1420. The van der Waals surface area contributed by atoms with Crippen LogP contribution in [-0.4, -0.2) is 30.3 Å². The number of carbonyl (C=O) groups excluding carboxylic acids is 1. The van der Waals surface area contributed by atoms with E-state index in [1.165, 1.54) is 16.3 Å². The number of hydrogen-bond acceptors (Lipinski definition) is 6. The number of nitrogens with one attached hydrogen (secondary N) is 1. The molecule has 1 amide bonds. The first-order valence-electron chi connectivity index (χ1n) is 9.48. The monoisotopic (exact) mass is 430 g/mol. The maximum absolute atomic E-state index is 12.9. The molecule has 0 radical (unpaired) electrons. The second kappa shape index (κ2) is 8.45. The highest BCUT2D eigenvalue weighted by Crippen LogP contribution is 2.26. The SMILES string of the molecule is C=CCn1c(=O)c2ccccc2n2c(SC(C)C(=O)Nc3cccc(C#N)c3)nnc12. The molecule has 0 fully saturated rings. The molecular weight excluding hydrogens is 412 g/mol. The molecule has 1 N–H and O–H groups in total. The Morgan fingerprint density at radius 2 is 2.10 bits per heavy atom. The lowest BCUT2D eigenvalue weighted by Crippen LogP contribution is -2.24. The van der Waals surface area contributed by atoms with E-state index in [2.05, 4.69) is 28.2 Å². The van der Waals surface area contributed by atoms with Crippen LogP contribution in [0.4, 0.5) is 5.69 Å². The molecule has 0 aliphatic heterocycles. The van der Waals surface area contributed by atoms with E-state index in [1.54, 1.807) is 53.8 Å². The number of para-hydroxylation sites is 1. The smallest absolute Gasteiger partial charge is 0.263 e. The molecule has 2 heterocycles. The maximum atomic E-state index is 12.9. The van der Waals surface area contributed by atoms with Crippen molar-refractivity contribution in [2.75, 3.05) is 5.32 Å². The number of amides is 1. The van der Waals surface area contributed by atoms with Gasteiger partial charge in [-0.3, -0.25) is 18.6 Å². The van der Waals surface area contributed by atoms with Crippen LogP contribution in [0.1, 0.15) is 12.5 Å². The van der Waals surface area contributed by atoms with Crippen molar-refractivity contribution < 1.29 is 4.79 Å². The second-order valence-corrected chi connectivity index (χ2v) is 8.09. The van der Waals surface area contributed by atoms with Crippen molar-refractivity contribution in [2.24, 2.45) is 0 Å². The third kappa shape index (κ3) is 3.81. The number of nitrogens with zero attached hydrogens (tertiary/aromatic N) is 5. The minimum atomic E-state index is -0.503. The Balaban J connectivity index is 1.70. The topological polar surface area (TPSA) is 105 Å². The Kier molecular flexibility index (Phi) is 5.56. The molecular formula is C22H18N6O2S. The summed E-state index contributed by atoms with van der Waals surface area (Å²) in [6, 6.07) is 16.0. The minimum Gasteiger partial charge on any atom is -0.325 e. The van der Waals surface area contributed by atoms with E-state index >= 15 is 0 Å². The Hall–Kier alpha value is -3.90. The van der Waals surface area contributed by atoms with Crippen molar-refractivity contribution in [1.82, 2.24) is 19.2 Å². The van der Waals surface area contributed by atoms with Gasteiger partial charge < -0.3 is 5.32 Å². The van der Waals surface area contributed by atoms with Crippen LogP contribution in [0.15, 0.2) is 71.1 Å². The molecule has 154 valence electrons. The number of hydrogen-bond donors (Lipinski definition) is 1. The zero-order valence-electron chi connectivity index (χ0n) is 16.6. The van der Waals surface area contributed by atoms with Crippen molar-refractivity contribution in [2.45, 2.75) is 23.9 Å². The van der Waals surface area contributed by atoms with Gasteiger partial charge in [0, 0.05) is 12.2 Å². The summed E-state index contributed by atoms with van der Waals surface area (Å²) in [4.78, 5) is 25.6. The maximum Gasteiger partial charge on any atom is 0.263 e. The fourth-order valence-corrected chi connectivity index (χ4v) is 4.08. The van der Waals surface area contributed by atoms with Gasteiger partial charge in [-0.15, -0.1) is 16.8 Å². The summed E-state index contributed by atoms with van der Waals surface area (Å²) < 4.78 is 3.29. The molecule has 1 unspecified atom stereocenters. The summed E-state index contributed by atoms with van der Waals surface area (Å²) in [6.45, 7) is 5.77. The number of nitriles is 1. The van der Waals surface area contributed by atoms with E-state index in [1.807, 2.05) is 12.1 Å². The number of anilines is 1. The standard InChI is InChI=1S/C22H18N6O2S/c1-3-11-27-20(30)17-9-4-5-10-18(17)28-21(27)25-26-22(28)31-14(2)19(29)24-16-8-6-7-15(12-16)13-23/h3-10,12,14H,1,11H2,2H3,(H,24,29). The molecule has 0 aliphatic rings. The molecule has 8 nitrogen and oxygen atoms in total. The van der Waals surface area contributed by atoms with Gasteiger partial charge in [0.05, 0.1) is 27.8 Å². The number of allylic oxidation sites excluding steroid dienone is 1. The third-order valence-corrected chi connectivity index (χ3v) is 5.74. The lowest BCUT2D eigenvalue weighted by Gasteiger charge is -2.13. The van der Waals surface area contributed by atoms with Crippen LogP contribution >= 0.6 is 11.8 Å². The van der Waals surface area contributed by atoms with E-state index in [0.29, 0.717) is 39.6 Å². The number of rotatable bonds is 6. The van der Waals surface area contributed by atoms with Crippen LogP contribution < -0.4 is 10.9 Å². The van der Waals surface area contributed by atoms with Crippen molar-refractivity contribution in [3.63, 3.8) is 0 Å². The first-order chi connectivity index (χ1) is 15.0. The molecule has 0 aliphatic carbocycles. The predicted octanol–water partition coefficient (Wildman–Crippen LogP) is 3.22. The van der Waals surface area contributed by atoms with E-state index in [9.17, 15) is 9.59 Å². The number of fused-ring (bicyclic) bond motifs is 3. The summed E-state index contributed by atoms with van der Waals surface area (Å²) in [5.41, 5.74) is 1.51. The zero-order chi connectivity index (χ0) is 22.0.